The number of hydrogen-bond donors (Lipinski definition) is 1. The summed E-state index contributed by atoms with van der Waals surface area (Å²) >= 11 is 1.64. The van der Waals surface area contributed by atoms with Crippen LogP contribution in [-0.2, 0) is 6.54 Å². The lowest BCUT2D eigenvalue weighted by Crippen LogP contribution is -2.29. The van der Waals surface area contributed by atoms with Crippen LogP contribution < -0.4 is 11.3 Å². The quantitative estimate of drug-likeness (QED) is 0.765. The van der Waals surface area contributed by atoms with Crippen LogP contribution in [0.4, 0.5) is 8.78 Å². The van der Waals surface area contributed by atoms with Gasteiger partial charge in [-0.2, -0.15) is 13.9 Å². The van der Waals surface area contributed by atoms with Gasteiger partial charge in [0.2, 0.25) is 0 Å². The van der Waals surface area contributed by atoms with Crippen LogP contribution in [0.2, 0.25) is 0 Å². The van der Waals surface area contributed by atoms with Crippen LogP contribution in [0.3, 0.4) is 0 Å². The lowest BCUT2D eigenvalue weighted by atomic mass is 10.2. The van der Waals surface area contributed by atoms with Crippen molar-refractivity contribution < 1.29 is 8.78 Å². The van der Waals surface area contributed by atoms with E-state index in [4.69, 9.17) is 5.73 Å². The topological polar surface area (TPSA) is 66.9 Å². The largest absolute Gasteiger partial charge is 0.337 e. The Morgan fingerprint density at radius 1 is 1.29 bits per heavy atom. The molecule has 1 aliphatic rings. The summed E-state index contributed by atoms with van der Waals surface area (Å²) in [7, 11) is 0. The van der Waals surface area contributed by atoms with Gasteiger partial charge in [-0.25, -0.2) is 0 Å². The van der Waals surface area contributed by atoms with Gasteiger partial charge < -0.3 is 15.2 Å². The standard InChI is InChI=1S/C19H23F2N5OS/c1-13(2)26-9-14(3-6-18(26)27)17-5-4-16(28-17)10-24-11-23-25(12-24)8-15(7-22)19(20)21/h3-6,9,11,13H,7-8,10,12,22H2,1-2H3. The third kappa shape index (κ3) is 4.66. The highest BCUT2D eigenvalue weighted by Crippen LogP contribution is 2.29. The fourth-order valence-electron chi connectivity index (χ4n) is 2.90. The van der Waals surface area contributed by atoms with E-state index in [2.05, 4.69) is 5.10 Å². The first-order valence-electron chi connectivity index (χ1n) is 8.95. The van der Waals surface area contributed by atoms with Crippen molar-refractivity contribution >= 4 is 17.7 Å². The molecule has 0 saturated heterocycles. The minimum Gasteiger partial charge on any atom is -0.337 e. The highest BCUT2D eigenvalue weighted by molar-refractivity contribution is 7.15. The Balaban J connectivity index is 1.65. The highest BCUT2D eigenvalue weighted by atomic mass is 32.1. The van der Waals surface area contributed by atoms with Crippen LogP contribution in [0, 0.1) is 0 Å². The van der Waals surface area contributed by atoms with Crippen LogP contribution in [-0.4, -0.2) is 40.6 Å². The molecule has 6 nitrogen and oxygen atoms in total. The highest BCUT2D eigenvalue weighted by Gasteiger charge is 2.18. The third-order valence-corrected chi connectivity index (χ3v) is 5.53. The van der Waals surface area contributed by atoms with Crippen molar-refractivity contribution in [3.63, 3.8) is 0 Å². The van der Waals surface area contributed by atoms with E-state index >= 15 is 0 Å². The number of nitrogens with two attached hydrogens (primary N) is 1. The average Bonchev–Trinajstić information content (AvgIpc) is 3.29. The lowest BCUT2D eigenvalue weighted by Gasteiger charge is -2.19. The normalized spacial score (nSPS) is 13.6. The molecule has 150 valence electrons. The summed E-state index contributed by atoms with van der Waals surface area (Å²) in [5.41, 5.74) is 6.24. The number of nitrogens with zero attached hydrogens (tertiary/aromatic N) is 4. The summed E-state index contributed by atoms with van der Waals surface area (Å²) in [5, 5.41) is 5.73. The van der Waals surface area contributed by atoms with Crippen molar-refractivity contribution in [3.05, 3.63) is 57.3 Å². The summed E-state index contributed by atoms with van der Waals surface area (Å²) in [4.78, 5) is 16.1. The smallest absolute Gasteiger partial charge is 0.272 e. The molecule has 0 atom stereocenters. The maximum atomic E-state index is 12.8. The van der Waals surface area contributed by atoms with E-state index in [1.54, 1.807) is 33.3 Å². The molecule has 0 amide bonds. The van der Waals surface area contributed by atoms with Crippen molar-refractivity contribution in [2.45, 2.75) is 26.4 Å². The molecule has 2 N–H and O–H groups in total. The number of hydrogen-bond acceptors (Lipinski definition) is 6. The fraction of sp³-hybridized carbons (Fsp3) is 0.368. The van der Waals surface area contributed by atoms with Crippen LogP contribution in [0.25, 0.3) is 10.4 Å². The molecule has 0 saturated carbocycles. The second kappa shape index (κ2) is 8.66. The third-order valence-electron chi connectivity index (χ3n) is 4.41. The number of hydrazone groups is 1. The lowest BCUT2D eigenvalue weighted by molar-refractivity contribution is 0.243. The number of rotatable bonds is 7. The van der Waals surface area contributed by atoms with Crippen molar-refractivity contribution in [2.24, 2.45) is 10.8 Å². The van der Waals surface area contributed by atoms with E-state index in [-0.39, 0.29) is 30.3 Å². The number of aromatic nitrogens is 1. The first kappa shape index (κ1) is 20.2. The minimum absolute atomic E-state index is 0.0143. The number of halogens is 2. The van der Waals surface area contributed by atoms with E-state index in [9.17, 15) is 13.6 Å². The molecule has 0 unspecified atom stereocenters. The maximum absolute atomic E-state index is 12.8. The molecule has 0 spiro atoms. The van der Waals surface area contributed by atoms with Crippen LogP contribution >= 0.6 is 11.3 Å². The van der Waals surface area contributed by atoms with Crippen molar-refractivity contribution in [1.29, 1.82) is 0 Å². The zero-order chi connectivity index (χ0) is 20.3. The SMILES string of the molecule is CC(C)n1cc(-c2ccc(CN3C=NN(CC(CN)=C(F)F)C3)s2)ccc1=O. The maximum Gasteiger partial charge on any atom is 0.272 e. The monoisotopic (exact) mass is 407 g/mol. The van der Waals surface area contributed by atoms with Gasteiger partial charge in [0.05, 0.1) is 13.1 Å². The summed E-state index contributed by atoms with van der Waals surface area (Å²) < 4.78 is 27.2. The first-order chi connectivity index (χ1) is 13.4. The average molecular weight is 407 g/mol. The van der Waals surface area contributed by atoms with Gasteiger partial charge in [-0.3, -0.25) is 9.80 Å². The van der Waals surface area contributed by atoms with Crippen LogP contribution in [0.1, 0.15) is 24.8 Å². The zero-order valence-electron chi connectivity index (χ0n) is 15.8. The Bertz CT molecular complexity index is 946. The number of pyridine rings is 1. The van der Waals surface area contributed by atoms with Crippen molar-refractivity contribution in [1.82, 2.24) is 14.5 Å². The van der Waals surface area contributed by atoms with Crippen molar-refractivity contribution in [2.75, 3.05) is 19.8 Å². The first-order valence-corrected chi connectivity index (χ1v) is 9.76. The molecule has 2 aromatic heterocycles. The molecule has 0 bridgehead atoms. The Hall–Kier alpha value is -2.52. The van der Waals surface area contributed by atoms with Gasteiger partial charge in [-0.1, -0.05) is 0 Å². The molecule has 0 aromatic carbocycles. The van der Waals surface area contributed by atoms with Crippen molar-refractivity contribution in [3.8, 4) is 10.4 Å². The molecular formula is C19H23F2N5OS. The summed E-state index contributed by atoms with van der Waals surface area (Å²) in [5.74, 6) is 0. The molecule has 1 aliphatic heterocycles. The Morgan fingerprint density at radius 3 is 2.75 bits per heavy atom. The van der Waals surface area contributed by atoms with Gasteiger partial charge in [-0.05, 0) is 32.0 Å². The molecule has 0 aliphatic carbocycles. The van der Waals surface area contributed by atoms with Gasteiger partial charge in [0.1, 0.15) is 13.0 Å². The van der Waals surface area contributed by atoms with E-state index in [1.165, 1.54) is 0 Å². The summed E-state index contributed by atoms with van der Waals surface area (Å²) in [6, 6.07) is 7.59. The predicted octanol–water partition coefficient (Wildman–Crippen LogP) is 3.29. The number of thiophene rings is 1. The fourth-order valence-corrected chi connectivity index (χ4v) is 3.93. The Morgan fingerprint density at radius 2 is 2.07 bits per heavy atom. The molecule has 3 heterocycles. The van der Waals surface area contributed by atoms with E-state index < -0.39 is 6.08 Å². The van der Waals surface area contributed by atoms with Gasteiger partial charge in [0.15, 0.2) is 0 Å². The molecular weight excluding hydrogens is 384 g/mol. The van der Waals surface area contributed by atoms with E-state index in [0.29, 0.717) is 13.2 Å². The van der Waals surface area contributed by atoms with E-state index in [1.807, 2.05) is 43.1 Å². The summed E-state index contributed by atoms with van der Waals surface area (Å²) in [6.45, 7) is 4.86. The predicted molar refractivity (Wildman–Crippen MR) is 108 cm³/mol. The van der Waals surface area contributed by atoms with Gasteiger partial charge in [0.25, 0.3) is 11.6 Å². The molecule has 3 rings (SSSR count). The second-order valence-electron chi connectivity index (χ2n) is 6.87. The minimum atomic E-state index is -1.73. The van der Waals surface area contributed by atoms with E-state index in [0.717, 1.165) is 15.3 Å². The molecule has 2 aromatic rings. The molecule has 0 fully saturated rings. The summed E-state index contributed by atoms with van der Waals surface area (Å²) in [6.07, 6.45) is 1.80. The zero-order valence-corrected chi connectivity index (χ0v) is 16.6. The van der Waals surface area contributed by atoms with Gasteiger partial charge in [-0.15, -0.1) is 11.3 Å². The molecule has 0 radical (unpaired) electrons. The molecule has 28 heavy (non-hydrogen) atoms. The van der Waals surface area contributed by atoms with Crippen LogP contribution in [0.5, 0.6) is 0 Å². The second-order valence-corrected chi connectivity index (χ2v) is 8.04. The Kier molecular flexibility index (Phi) is 6.25. The van der Waals surface area contributed by atoms with Crippen LogP contribution in [0.15, 0.2) is 52.0 Å². The van der Waals surface area contributed by atoms with Gasteiger partial charge in [0, 0.05) is 45.7 Å². The van der Waals surface area contributed by atoms with Gasteiger partial charge >= 0.3 is 0 Å². The Labute approximate surface area is 166 Å². The molecule has 9 heteroatoms.